The Morgan fingerprint density at radius 2 is 2.00 bits per heavy atom. The molecule has 0 aliphatic heterocycles. The van der Waals surface area contributed by atoms with Crippen LogP contribution >= 0.6 is 0 Å². The second kappa shape index (κ2) is 1.60. The van der Waals surface area contributed by atoms with Crippen molar-refractivity contribution in [2.24, 2.45) is 16.7 Å². The molecule has 2 aliphatic carbocycles. The van der Waals surface area contributed by atoms with Crippen LogP contribution in [0.2, 0.25) is 0 Å². The molecule has 0 heterocycles. The lowest BCUT2D eigenvalue weighted by Crippen LogP contribution is -2.10. The van der Waals surface area contributed by atoms with Crippen molar-refractivity contribution in [3.63, 3.8) is 0 Å². The Morgan fingerprint density at radius 3 is 2.30 bits per heavy atom. The zero-order valence-corrected chi connectivity index (χ0v) is 7.41. The second-order valence-electron chi connectivity index (χ2n) is 4.68. The predicted octanol–water partition coefficient (Wildman–Crippen LogP) is 3.22. The molecule has 2 fully saturated rings. The lowest BCUT2D eigenvalue weighted by Gasteiger charge is -2.20. The van der Waals surface area contributed by atoms with E-state index in [1.165, 1.54) is 25.7 Å². The van der Waals surface area contributed by atoms with Crippen molar-refractivity contribution in [3.8, 4) is 0 Å². The first-order valence-corrected chi connectivity index (χ1v) is 4.65. The van der Waals surface area contributed by atoms with Gasteiger partial charge in [0.15, 0.2) is 0 Å². The highest BCUT2D eigenvalue weighted by Gasteiger charge is 2.74. The fraction of sp³-hybridized carbons (Fsp3) is 1.00. The third kappa shape index (κ3) is 0.466. The molecule has 0 N–H and O–H groups in total. The fourth-order valence-electron chi connectivity index (χ4n) is 3.38. The normalized spacial score (nSPS) is 57.3. The molecular formula is C10H18. The Bertz CT molecular complexity index is 161. The van der Waals surface area contributed by atoms with Gasteiger partial charge in [0, 0.05) is 0 Å². The highest BCUT2D eigenvalue weighted by molar-refractivity contribution is 5.22. The maximum absolute atomic E-state index is 2.49. The topological polar surface area (TPSA) is 0 Å². The van der Waals surface area contributed by atoms with Crippen molar-refractivity contribution in [3.05, 3.63) is 0 Å². The number of rotatable bonds is 2. The maximum Gasteiger partial charge on any atom is -0.0235 e. The third-order valence-electron chi connectivity index (χ3n) is 4.48. The summed E-state index contributed by atoms with van der Waals surface area (Å²) in [5, 5.41) is 0. The Labute approximate surface area is 64.0 Å². The number of hydrogen-bond donors (Lipinski definition) is 0. The van der Waals surface area contributed by atoms with Crippen LogP contribution in [0.5, 0.6) is 0 Å². The molecule has 0 bridgehead atoms. The van der Waals surface area contributed by atoms with Crippen LogP contribution in [0.15, 0.2) is 0 Å². The monoisotopic (exact) mass is 138 g/mol. The summed E-state index contributed by atoms with van der Waals surface area (Å²) in [6, 6.07) is 0. The molecule has 0 nitrogen and oxygen atoms in total. The average molecular weight is 138 g/mol. The maximum atomic E-state index is 2.49. The summed E-state index contributed by atoms with van der Waals surface area (Å²) in [4.78, 5) is 0. The second-order valence-corrected chi connectivity index (χ2v) is 4.68. The van der Waals surface area contributed by atoms with E-state index in [1.54, 1.807) is 0 Å². The Kier molecular flexibility index (Phi) is 1.07. The van der Waals surface area contributed by atoms with E-state index >= 15 is 0 Å². The van der Waals surface area contributed by atoms with Gasteiger partial charge in [0.1, 0.15) is 0 Å². The molecule has 0 radical (unpaired) electrons. The first-order valence-electron chi connectivity index (χ1n) is 4.65. The summed E-state index contributed by atoms with van der Waals surface area (Å²) >= 11 is 0. The molecule has 2 saturated carbocycles. The minimum atomic E-state index is 0.766. The van der Waals surface area contributed by atoms with Crippen LogP contribution in [0.1, 0.15) is 46.5 Å². The van der Waals surface area contributed by atoms with Crippen molar-refractivity contribution in [1.29, 1.82) is 0 Å². The van der Waals surface area contributed by atoms with E-state index in [0.29, 0.717) is 0 Å². The summed E-state index contributed by atoms with van der Waals surface area (Å²) in [5.74, 6) is 1.11. The molecule has 0 heteroatoms. The van der Waals surface area contributed by atoms with E-state index in [0.717, 1.165) is 16.7 Å². The molecule has 0 aromatic heterocycles. The van der Waals surface area contributed by atoms with Gasteiger partial charge in [0.25, 0.3) is 0 Å². The molecular weight excluding hydrogens is 120 g/mol. The Hall–Kier alpha value is 0. The van der Waals surface area contributed by atoms with Crippen molar-refractivity contribution >= 4 is 0 Å². The molecule has 2 aliphatic rings. The van der Waals surface area contributed by atoms with Crippen LogP contribution in [0.25, 0.3) is 0 Å². The lowest BCUT2D eigenvalue weighted by atomic mass is 9.85. The van der Waals surface area contributed by atoms with Crippen molar-refractivity contribution in [2.75, 3.05) is 0 Å². The van der Waals surface area contributed by atoms with Gasteiger partial charge < -0.3 is 0 Å². The van der Waals surface area contributed by atoms with Crippen LogP contribution in [0, 0.1) is 16.7 Å². The molecule has 3 atom stereocenters. The molecule has 0 amide bonds. The largest absolute Gasteiger partial charge is 0.0654 e. The first kappa shape index (κ1) is 6.69. The van der Waals surface area contributed by atoms with Gasteiger partial charge in [0.2, 0.25) is 0 Å². The molecule has 0 spiro atoms. The first-order chi connectivity index (χ1) is 4.65. The van der Waals surface area contributed by atoms with Crippen LogP contribution < -0.4 is 0 Å². The molecule has 0 aromatic rings. The van der Waals surface area contributed by atoms with Gasteiger partial charge >= 0.3 is 0 Å². The van der Waals surface area contributed by atoms with Crippen molar-refractivity contribution < 1.29 is 0 Å². The summed E-state index contributed by atoms with van der Waals surface area (Å²) in [7, 11) is 0. The molecule has 0 aromatic carbocycles. The van der Waals surface area contributed by atoms with Crippen molar-refractivity contribution in [1.82, 2.24) is 0 Å². The number of hydrogen-bond acceptors (Lipinski definition) is 0. The van der Waals surface area contributed by atoms with Gasteiger partial charge in [-0.15, -0.1) is 0 Å². The van der Waals surface area contributed by atoms with Gasteiger partial charge in [-0.25, -0.2) is 0 Å². The van der Waals surface area contributed by atoms with Crippen LogP contribution in [0.4, 0.5) is 0 Å². The summed E-state index contributed by atoms with van der Waals surface area (Å²) in [5.41, 5.74) is 1.56. The lowest BCUT2D eigenvalue weighted by molar-refractivity contribution is 0.302. The highest BCUT2D eigenvalue weighted by atomic mass is 14.8. The summed E-state index contributed by atoms with van der Waals surface area (Å²) in [6.07, 6.45) is 5.87. The summed E-state index contributed by atoms with van der Waals surface area (Å²) < 4.78 is 0. The van der Waals surface area contributed by atoms with Crippen LogP contribution in [-0.4, -0.2) is 0 Å². The smallest absolute Gasteiger partial charge is 0.0235 e. The predicted molar refractivity (Wildman–Crippen MR) is 43.8 cm³/mol. The third-order valence-corrected chi connectivity index (χ3v) is 4.48. The van der Waals surface area contributed by atoms with Crippen LogP contribution in [0.3, 0.4) is 0 Å². The molecule has 58 valence electrons. The quantitative estimate of drug-likeness (QED) is 0.549. The minimum absolute atomic E-state index is 0.766. The van der Waals surface area contributed by atoms with Gasteiger partial charge in [-0.3, -0.25) is 0 Å². The highest BCUT2D eigenvalue weighted by Crippen LogP contribution is 2.81. The minimum Gasteiger partial charge on any atom is -0.0654 e. The van der Waals surface area contributed by atoms with Crippen LogP contribution in [-0.2, 0) is 0 Å². The van der Waals surface area contributed by atoms with E-state index in [4.69, 9.17) is 0 Å². The van der Waals surface area contributed by atoms with E-state index in [9.17, 15) is 0 Å². The van der Waals surface area contributed by atoms with E-state index in [-0.39, 0.29) is 0 Å². The SMILES string of the molecule is CCCC1(C)C2CCC21C. The Balaban J connectivity index is 2.07. The average Bonchev–Trinajstić information content (AvgIpc) is 2.11. The molecule has 2 rings (SSSR count). The van der Waals surface area contributed by atoms with Crippen molar-refractivity contribution in [2.45, 2.75) is 46.5 Å². The zero-order chi connectivity index (χ0) is 7.41. The molecule has 10 heavy (non-hydrogen) atoms. The Morgan fingerprint density at radius 1 is 1.40 bits per heavy atom. The van der Waals surface area contributed by atoms with E-state index in [2.05, 4.69) is 20.8 Å². The zero-order valence-electron chi connectivity index (χ0n) is 7.41. The fourth-order valence-corrected chi connectivity index (χ4v) is 3.38. The molecule has 0 saturated heterocycles. The standard InChI is InChI=1S/C10H18/c1-4-6-9(2)8-5-7-10(8,9)3/h8H,4-7H2,1-3H3. The van der Waals surface area contributed by atoms with Gasteiger partial charge in [-0.2, -0.15) is 0 Å². The van der Waals surface area contributed by atoms with Gasteiger partial charge in [-0.1, -0.05) is 27.2 Å². The number of fused-ring (bicyclic) bond motifs is 1. The molecule has 3 unspecified atom stereocenters. The van der Waals surface area contributed by atoms with Gasteiger partial charge in [0.05, 0.1) is 0 Å². The van der Waals surface area contributed by atoms with E-state index < -0.39 is 0 Å². The summed E-state index contributed by atoms with van der Waals surface area (Å²) in [6.45, 7) is 7.29. The van der Waals surface area contributed by atoms with E-state index in [1.807, 2.05) is 0 Å². The van der Waals surface area contributed by atoms with Gasteiger partial charge in [-0.05, 0) is 36.0 Å².